The summed E-state index contributed by atoms with van der Waals surface area (Å²) in [5.74, 6) is -0.282. The largest absolute Gasteiger partial charge is 0.503 e. The minimum absolute atomic E-state index is 0.282. The van der Waals surface area contributed by atoms with E-state index in [2.05, 4.69) is 0 Å². The predicted molar refractivity (Wildman–Crippen MR) is 89.9 cm³/mol. The molecule has 116 valence electrons. The molecule has 3 aromatic rings. The Morgan fingerprint density at radius 1 is 1.00 bits per heavy atom. The van der Waals surface area contributed by atoms with Gasteiger partial charge in [-0.05, 0) is 23.3 Å². The smallest absolute Gasteiger partial charge is 0.223 e. The van der Waals surface area contributed by atoms with Crippen LogP contribution in [-0.4, -0.2) is 16.8 Å². The Kier molecular flexibility index (Phi) is 4.26. The lowest BCUT2D eigenvalue weighted by molar-refractivity contribution is 0.179. The minimum Gasteiger partial charge on any atom is -0.503 e. The van der Waals surface area contributed by atoms with E-state index < -0.39 is 5.43 Å². The molecule has 2 aromatic carbocycles. The van der Waals surface area contributed by atoms with Crippen LogP contribution >= 0.6 is 0 Å². The van der Waals surface area contributed by atoms with Crippen molar-refractivity contribution in [1.29, 1.82) is 0 Å². The van der Waals surface area contributed by atoms with Crippen molar-refractivity contribution < 1.29 is 9.84 Å². The molecule has 4 nitrogen and oxygen atoms in total. The molecule has 0 aliphatic rings. The van der Waals surface area contributed by atoms with Crippen molar-refractivity contribution in [3.63, 3.8) is 0 Å². The van der Waals surface area contributed by atoms with Crippen LogP contribution < -0.4 is 5.43 Å². The summed E-state index contributed by atoms with van der Waals surface area (Å²) < 4.78 is 6.93. The van der Waals surface area contributed by atoms with Crippen LogP contribution in [0, 0.1) is 0 Å². The van der Waals surface area contributed by atoms with Gasteiger partial charge in [-0.3, -0.25) is 4.79 Å². The Labute approximate surface area is 134 Å². The number of nitrogens with zero attached hydrogens (tertiary/aromatic N) is 1. The molecule has 0 spiro atoms. The monoisotopic (exact) mass is 307 g/mol. The third kappa shape index (κ3) is 3.17. The van der Waals surface area contributed by atoms with Crippen LogP contribution in [0.4, 0.5) is 0 Å². The first-order valence-electron chi connectivity index (χ1n) is 7.28. The van der Waals surface area contributed by atoms with Crippen molar-refractivity contribution in [3.05, 3.63) is 82.8 Å². The van der Waals surface area contributed by atoms with E-state index in [-0.39, 0.29) is 12.4 Å². The predicted octanol–water partition coefficient (Wildman–Crippen LogP) is 3.36. The molecule has 0 aliphatic carbocycles. The second-order valence-electron chi connectivity index (χ2n) is 5.23. The number of rotatable bonds is 4. The Morgan fingerprint density at radius 3 is 2.48 bits per heavy atom. The van der Waals surface area contributed by atoms with Crippen LogP contribution in [0.3, 0.4) is 0 Å². The van der Waals surface area contributed by atoms with E-state index in [1.54, 1.807) is 11.7 Å². The summed E-state index contributed by atoms with van der Waals surface area (Å²) in [6.45, 7) is 0.283. The third-order valence-electron chi connectivity index (χ3n) is 3.63. The lowest BCUT2D eigenvalue weighted by Gasteiger charge is -2.14. The van der Waals surface area contributed by atoms with Gasteiger partial charge in [0, 0.05) is 18.9 Å². The molecule has 0 bridgehead atoms. The summed E-state index contributed by atoms with van der Waals surface area (Å²) in [5, 5.41) is 9.77. The Morgan fingerprint density at radius 2 is 1.74 bits per heavy atom. The Bertz CT molecular complexity index is 869. The Balaban J connectivity index is 2.12. The molecule has 0 saturated heterocycles. The number of ether oxygens (including phenoxy) is 1. The second-order valence-corrected chi connectivity index (χ2v) is 5.23. The van der Waals surface area contributed by atoms with Gasteiger partial charge in [0.2, 0.25) is 5.43 Å². The first kappa shape index (κ1) is 15.1. The molecule has 0 radical (unpaired) electrons. The summed E-state index contributed by atoms with van der Waals surface area (Å²) in [7, 11) is 1.57. The Hall–Kier alpha value is -2.85. The number of methoxy groups -OCH3 is 1. The molecule has 3 rings (SSSR count). The van der Waals surface area contributed by atoms with E-state index in [4.69, 9.17) is 4.74 Å². The van der Waals surface area contributed by atoms with E-state index in [1.165, 1.54) is 12.3 Å². The highest BCUT2D eigenvalue weighted by Crippen LogP contribution is 2.23. The standard InChI is InChI=1S/C19H17NO3/c1-23-13-17-11-18(21)19(22)12-20(17)16-9-5-8-15(10-16)14-6-3-2-4-7-14/h2-12,22H,13H2,1H3. The molecule has 1 heterocycles. The maximum Gasteiger partial charge on any atom is 0.223 e. The molecule has 0 fully saturated rings. The van der Waals surface area contributed by atoms with Crippen molar-refractivity contribution in [1.82, 2.24) is 4.57 Å². The number of benzene rings is 2. The van der Waals surface area contributed by atoms with Crippen LogP contribution in [0.15, 0.2) is 71.7 Å². The van der Waals surface area contributed by atoms with Gasteiger partial charge in [0.05, 0.1) is 18.5 Å². The van der Waals surface area contributed by atoms with Gasteiger partial charge in [-0.15, -0.1) is 0 Å². The van der Waals surface area contributed by atoms with Gasteiger partial charge in [-0.2, -0.15) is 0 Å². The number of aromatic hydroxyl groups is 1. The quantitative estimate of drug-likeness (QED) is 0.804. The second kappa shape index (κ2) is 6.50. The molecule has 23 heavy (non-hydrogen) atoms. The highest BCUT2D eigenvalue weighted by Gasteiger charge is 2.08. The highest BCUT2D eigenvalue weighted by molar-refractivity contribution is 5.66. The van der Waals surface area contributed by atoms with Crippen molar-refractivity contribution in [2.24, 2.45) is 0 Å². The first-order valence-corrected chi connectivity index (χ1v) is 7.28. The summed E-state index contributed by atoms with van der Waals surface area (Å²) in [5.41, 5.74) is 3.29. The molecule has 0 aliphatic heterocycles. The lowest BCUT2D eigenvalue weighted by Crippen LogP contribution is -2.11. The van der Waals surface area contributed by atoms with Gasteiger partial charge < -0.3 is 14.4 Å². The van der Waals surface area contributed by atoms with Crippen LogP contribution in [0.2, 0.25) is 0 Å². The maximum atomic E-state index is 11.7. The van der Waals surface area contributed by atoms with Crippen molar-refractivity contribution in [2.45, 2.75) is 6.61 Å². The summed E-state index contributed by atoms with van der Waals surface area (Å²) >= 11 is 0. The molecule has 1 aromatic heterocycles. The number of hydrogen-bond acceptors (Lipinski definition) is 3. The van der Waals surface area contributed by atoms with E-state index in [1.807, 2.05) is 54.6 Å². The summed E-state index contributed by atoms with van der Waals surface area (Å²) in [6.07, 6.45) is 1.43. The number of hydrogen-bond donors (Lipinski definition) is 1. The molecule has 0 unspecified atom stereocenters. The third-order valence-corrected chi connectivity index (χ3v) is 3.63. The van der Waals surface area contributed by atoms with Gasteiger partial charge in [-0.1, -0.05) is 42.5 Å². The highest BCUT2D eigenvalue weighted by atomic mass is 16.5. The normalized spacial score (nSPS) is 10.7. The fourth-order valence-corrected chi connectivity index (χ4v) is 2.53. The van der Waals surface area contributed by atoms with Crippen LogP contribution in [0.1, 0.15) is 5.69 Å². The zero-order valence-corrected chi connectivity index (χ0v) is 12.8. The number of aromatic nitrogens is 1. The topological polar surface area (TPSA) is 51.5 Å². The number of pyridine rings is 1. The SMILES string of the molecule is COCc1cc(=O)c(O)cn1-c1cccc(-c2ccccc2)c1. The zero-order valence-electron chi connectivity index (χ0n) is 12.8. The van der Waals surface area contributed by atoms with Crippen LogP contribution in [0.5, 0.6) is 5.75 Å². The molecule has 0 amide bonds. The molecule has 0 atom stereocenters. The van der Waals surface area contributed by atoms with Gasteiger partial charge >= 0.3 is 0 Å². The van der Waals surface area contributed by atoms with E-state index in [9.17, 15) is 9.90 Å². The summed E-state index contributed by atoms with van der Waals surface area (Å²) in [4.78, 5) is 11.7. The molecule has 0 saturated carbocycles. The van der Waals surface area contributed by atoms with E-state index in [0.29, 0.717) is 5.69 Å². The average molecular weight is 307 g/mol. The van der Waals surface area contributed by atoms with Crippen molar-refractivity contribution in [3.8, 4) is 22.6 Å². The van der Waals surface area contributed by atoms with Gasteiger partial charge in [0.25, 0.3) is 0 Å². The van der Waals surface area contributed by atoms with E-state index >= 15 is 0 Å². The molecular weight excluding hydrogens is 290 g/mol. The minimum atomic E-state index is -0.410. The van der Waals surface area contributed by atoms with Crippen molar-refractivity contribution >= 4 is 0 Å². The fourth-order valence-electron chi connectivity index (χ4n) is 2.53. The van der Waals surface area contributed by atoms with E-state index in [0.717, 1.165) is 16.8 Å². The summed E-state index contributed by atoms with van der Waals surface area (Å²) in [6, 6.07) is 19.3. The van der Waals surface area contributed by atoms with Crippen molar-refractivity contribution in [2.75, 3.05) is 7.11 Å². The van der Waals surface area contributed by atoms with Gasteiger partial charge in [0.1, 0.15) is 0 Å². The fraction of sp³-hybridized carbons (Fsp3) is 0.105. The lowest BCUT2D eigenvalue weighted by atomic mass is 10.1. The molecule has 4 heteroatoms. The van der Waals surface area contributed by atoms with Gasteiger partial charge in [0.15, 0.2) is 5.75 Å². The molecule has 1 N–H and O–H groups in total. The maximum absolute atomic E-state index is 11.7. The van der Waals surface area contributed by atoms with Gasteiger partial charge in [-0.25, -0.2) is 0 Å². The van der Waals surface area contributed by atoms with Crippen LogP contribution in [-0.2, 0) is 11.3 Å². The zero-order chi connectivity index (χ0) is 16.2. The molecular formula is C19H17NO3. The first-order chi connectivity index (χ1) is 11.2. The average Bonchev–Trinajstić information content (AvgIpc) is 2.59. The van der Waals surface area contributed by atoms with Crippen LogP contribution in [0.25, 0.3) is 16.8 Å².